The number of fused-ring (bicyclic) bond motifs is 2. The fourth-order valence-corrected chi connectivity index (χ4v) is 7.49. The number of carbonyl (C=O) groups is 3. The number of anilines is 1. The number of aromatic nitrogens is 1. The van der Waals surface area contributed by atoms with Crippen molar-refractivity contribution in [3.63, 3.8) is 0 Å². The number of nitrogens with zero attached hydrogens (tertiary/aromatic N) is 2. The van der Waals surface area contributed by atoms with Crippen LogP contribution in [0.25, 0.3) is 0 Å². The third-order valence-electron chi connectivity index (χ3n) is 5.89. The molecule has 1 saturated heterocycles. The molecule has 0 unspecified atom stereocenters. The third kappa shape index (κ3) is 3.83. The Labute approximate surface area is 211 Å². The van der Waals surface area contributed by atoms with E-state index in [1.54, 1.807) is 31.2 Å². The number of imide groups is 1. The van der Waals surface area contributed by atoms with E-state index in [9.17, 15) is 19.2 Å². The van der Waals surface area contributed by atoms with Crippen molar-refractivity contribution in [1.29, 1.82) is 0 Å². The average molecular weight is 559 g/mol. The van der Waals surface area contributed by atoms with Gasteiger partial charge in [-0.2, -0.15) is 0 Å². The van der Waals surface area contributed by atoms with Gasteiger partial charge in [-0.15, -0.1) is 0 Å². The topological polar surface area (TPSA) is 85.7 Å². The lowest BCUT2D eigenvalue weighted by Gasteiger charge is -2.30. The molecule has 0 N–H and O–H groups in total. The van der Waals surface area contributed by atoms with Crippen LogP contribution in [-0.4, -0.2) is 34.2 Å². The maximum Gasteiger partial charge on any atom is 0.326 e. The van der Waals surface area contributed by atoms with Crippen molar-refractivity contribution in [3.05, 3.63) is 79.2 Å². The maximum absolute atomic E-state index is 13.7. The Morgan fingerprint density at radius 1 is 1.03 bits per heavy atom. The zero-order chi connectivity index (χ0) is 24.0. The molecule has 2 amide bonds. The smallest absolute Gasteiger partial charge is 0.326 e. The molecule has 1 fully saturated rings. The molecule has 3 aromatic rings. The average Bonchev–Trinajstić information content (AvgIpc) is 3.26. The number of benzene rings is 2. The monoisotopic (exact) mass is 558 g/mol. The Kier molecular flexibility index (Phi) is 6.22. The summed E-state index contributed by atoms with van der Waals surface area (Å²) in [6.45, 7) is 1.67. The number of para-hydroxylation sites is 1. The van der Waals surface area contributed by atoms with Gasteiger partial charge in [-0.25, -0.2) is 4.90 Å². The number of esters is 1. The van der Waals surface area contributed by atoms with Crippen LogP contribution in [0.5, 0.6) is 0 Å². The molecule has 2 aliphatic heterocycles. The molecule has 34 heavy (non-hydrogen) atoms. The summed E-state index contributed by atoms with van der Waals surface area (Å²) in [5.41, 5.74) is 1.36. The molecule has 0 bridgehead atoms. The van der Waals surface area contributed by atoms with Crippen LogP contribution < -0.4 is 9.77 Å². The summed E-state index contributed by atoms with van der Waals surface area (Å²) >= 11 is 5.65. The molecule has 7 nitrogen and oxygen atoms in total. The molecule has 10 heteroatoms. The van der Waals surface area contributed by atoms with Crippen LogP contribution in [0.3, 0.4) is 0 Å². The van der Waals surface area contributed by atoms with Crippen LogP contribution in [-0.2, 0) is 25.7 Å². The number of thiazole rings is 1. The van der Waals surface area contributed by atoms with Crippen LogP contribution in [0.2, 0.25) is 0 Å². The van der Waals surface area contributed by atoms with Gasteiger partial charge in [0.15, 0.2) is 0 Å². The number of rotatable bonds is 5. The lowest BCUT2D eigenvalue weighted by atomic mass is 9.83. The highest BCUT2D eigenvalue weighted by Crippen LogP contribution is 2.53. The fourth-order valence-electron chi connectivity index (χ4n) is 4.45. The van der Waals surface area contributed by atoms with Crippen molar-refractivity contribution in [3.8, 4) is 0 Å². The summed E-state index contributed by atoms with van der Waals surface area (Å²) in [5.74, 6) is -2.28. The fraction of sp³-hybridized carbons (Fsp3) is 0.250. The van der Waals surface area contributed by atoms with Crippen molar-refractivity contribution in [2.75, 3.05) is 11.5 Å². The second-order valence-corrected chi connectivity index (χ2v) is 10.9. The van der Waals surface area contributed by atoms with Gasteiger partial charge in [0.2, 0.25) is 11.8 Å². The minimum absolute atomic E-state index is 0.207. The molecule has 0 saturated carbocycles. The van der Waals surface area contributed by atoms with Crippen LogP contribution in [0.1, 0.15) is 23.3 Å². The number of amides is 2. The Morgan fingerprint density at radius 2 is 1.74 bits per heavy atom. The summed E-state index contributed by atoms with van der Waals surface area (Å²) in [4.78, 5) is 54.0. The summed E-state index contributed by atoms with van der Waals surface area (Å²) in [6.07, 6.45) is 0. The van der Waals surface area contributed by atoms with E-state index in [0.29, 0.717) is 15.6 Å². The van der Waals surface area contributed by atoms with E-state index < -0.39 is 23.1 Å². The number of hydrogen-bond donors (Lipinski definition) is 0. The van der Waals surface area contributed by atoms with E-state index in [1.807, 2.05) is 30.3 Å². The predicted molar refractivity (Wildman–Crippen MR) is 133 cm³/mol. The van der Waals surface area contributed by atoms with E-state index in [-0.39, 0.29) is 29.8 Å². The minimum atomic E-state index is -0.712. The van der Waals surface area contributed by atoms with Crippen LogP contribution in [0.4, 0.5) is 5.69 Å². The maximum atomic E-state index is 13.7. The SMILES string of the molecule is CCOC(=O)Cn1c2c(sc1=O)[C@@H](c1ccc(Br)cc1)[C@@H]1C(=O)N(c3ccccc3)C(=O)[C@@H]1S2. The molecule has 0 aliphatic carbocycles. The van der Waals surface area contributed by atoms with E-state index in [0.717, 1.165) is 21.4 Å². The molecule has 2 aromatic carbocycles. The molecule has 1 aromatic heterocycles. The van der Waals surface area contributed by atoms with Gasteiger partial charge in [0.05, 0.1) is 23.2 Å². The highest BCUT2D eigenvalue weighted by atomic mass is 79.9. The van der Waals surface area contributed by atoms with Crippen molar-refractivity contribution in [2.24, 2.45) is 5.92 Å². The van der Waals surface area contributed by atoms with Crippen LogP contribution >= 0.6 is 39.0 Å². The predicted octanol–water partition coefficient (Wildman–Crippen LogP) is 4.03. The lowest BCUT2D eigenvalue weighted by Crippen LogP contribution is -2.32. The molecular weight excluding hydrogens is 540 g/mol. The van der Waals surface area contributed by atoms with Gasteiger partial charge in [0, 0.05) is 15.3 Å². The van der Waals surface area contributed by atoms with Crippen molar-refractivity contribution < 1.29 is 19.1 Å². The van der Waals surface area contributed by atoms with Crippen molar-refractivity contribution in [2.45, 2.75) is 29.7 Å². The van der Waals surface area contributed by atoms with Crippen molar-refractivity contribution >= 4 is 62.5 Å². The van der Waals surface area contributed by atoms with Gasteiger partial charge in [-0.3, -0.25) is 23.7 Å². The number of hydrogen-bond acceptors (Lipinski definition) is 7. The van der Waals surface area contributed by atoms with Gasteiger partial charge in [-0.05, 0) is 36.8 Å². The van der Waals surface area contributed by atoms with E-state index in [1.165, 1.54) is 21.2 Å². The zero-order valence-corrected chi connectivity index (χ0v) is 21.2. The summed E-state index contributed by atoms with van der Waals surface area (Å²) in [6, 6.07) is 16.4. The quantitative estimate of drug-likeness (QED) is 0.347. The summed E-state index contributed by atoms with van der Waals surface area (Å²) in [5, 5.41) is -0.162. The van der Waals surface area contributed by atoms with Gasteiger partial charge < -0.3 is 4.74 Å². The minimum Gasteiger partial charge on any atom is -0.465 e. The highest BCUT2D eigenvalue weighted by Gasteiger charge is 2.56. The molecule has 3 atom stereocenters. The number of halogens is 1. The highest BCUT2D eigenvalue weighted by molar-refractivity contribution is 9.10. The van der Waals surface area contributed by atoms with Crippen molar-refractivity contribution in [1.82, 2.24) is 4.57 Å². The van der Waals surface area contributed by atoms with Crippen LogP contribution in [0.15, 0.2) is 68.9 Å². The van der Waals surface area contributed by atoms with Gasteiger partial charge in [-0.1, -0.05) is 69.4 Å². The molecule has 0 spiro atoms. The van der Waals surface area contributed by atoms with Gasteiger partial charge in [0.25, 0.3) is 0 Å². The second-order valence-electron chi connectivity index (χ2n) is 7.87. The molecule has 3 heterocycles. The normalized spacial score (nSPS) is 21.4. The molecule has 174 valence electrons. The van der Waals surface area contributed by atoms with E-state index in [4.69, 9.17) is 4.74 Å². The molecule has 2 aliphatic rings. The van der Waals surface area contributed by atoms with E-state index >= 15 is 0 Å². The Hall–Kier alpha value is -2.69. The molecular formula is C24H19BrN2O5S2. The van der Waals surface area contributed by atoms with E-state index in [2.05, 4.69) is 15.9 Å². The first kappa shape index (κ1) is 23.1. The first-order valence-electron chi connectivity index (χ1n) is 10.6. The second kappa shape index (κ2) is 9.16. The standard InChI is InChI=1S/C24H19BrN2O5S2/c1-2-32-16(28)12-26-23-20(34-24(26)31)17(13-8-10-14(25)11-9-13)18-19(33-23)22(30)27(21(18)29)15-6-4-3-5-7-15/h3-11,17-19H,2,12H2,1H3/t17-,18-,19+/m0/s1. The van der Waals surface area contributed by atoms with Gasteiger partial charge >= 0.3 is 10.8 Å². The van der Waals surface area contributed by atoms with Crippen LogP contribution in [0, 0.1) is 5.92 Å². The van der Waals surface area contributed by atoms with Gasteiger partial charge in [0.1, 0.15) is 11.8 Å². The number of carbonyl (C=O) groups excluding carboxylic acids is 3. The summed E-state index contributed by atoms with van der Waals surface area (Å²) < 4.78 is 7.30. The molecule has 5 rings (SSSR count). The molecule has 0 radical (unpaired) electrons. The Morgan fingerprint density at radius 3 is 2.41 bits per heavy atom. The Bertz CT molecular complexity index is 1340. The lowest BCUT2D eigenvalue weighted by molar-refractivity contribution is -0.144. The largest absolute Gasteiger partial charge is 0.465 e. The first-order chi connectivity index (χ1) is 16.4. The first-order valence-corrected chi connectivity index (χ1v) is 13.1. The number of ether oxygens (including phenoxy) is 1. The zero-order valence-electron chi connectivity index (χ0n) is 18.0. The summed E-state index contributed by atoms with van der Waals surface area (Å²) in [7, 11) is 0. The number of thioether (sulfide) groups is 1. The third-order valence-corrected chi connectivity index (χ3v) is 9.02. The Balaban J connectivity index is 1.65.